The zero-order chi connectivity index (χ0) is 22.8. The Morgan fingerprint density at radius 2 is 1.97 bits per heavy atom. The number of rotatable bonds is 6. The molecule has 0 aliphatic carbocycles. The lowest BCUT2D eigenvalue weighted by Crippen LogP contribution is -2.41. The molecule has 1 N–H and O–H groups in total. The highest BCUT2D eigenvalue weighted by Gasteiger charge is 2.26. The number of aromatic nitrogens is 3. The van der Waals surface area contributed by atoms with Crippen LogP contribution in [-0.2, 0) is 11.2 Å². The van der Waals surface area contributed by atoms with E-state index in [4.69, 9.17) is 21.1 Å². The molecule has 1 saturated heterocycles. The molecule has 1 aliphatic rings. The van der Waals surface area contributed by atoms with Crippen LogP contribution in [0, 0.1) is 12.8 Å². The van der Waals surface area contributed by atoms with Crippen LogP contribution in [0.4, 0.5) is 5.82 Å². The summed E-state index contributed by atoms with van der Waals surface area (Å²) >= 11 is 6.03. The summed E-state index contributed by atoms with van der Waals surface area (Å²) in [5, 5.41) is 8.58. The van der Waals surface area contributed by atoms with Crippen LogP contribution in [0.3, 0.4) is 0 Å². The van der Waals surface area contributed by atoms with Gasteiger partial charge in [0.15, 0.2) is 5.65 Å². The Hall–Kier alpha value is -3.32. The van der Waals surface area contributed by atoms with Gasteiger partial charge in [0.05, 0.1) is 12.0 Å². The lowest BCUT2D eigenvalue weighted by atomic mass is 9.96. The average Bonchev–Trinajstić information content (AvgIpc) is 3.49. The van der Waals surface area contributed by atoms with Crippen LogP contribution >= 0.6 is 11.6 Å². The molecule has 33 heavy (non-hydrogen) atoms. The third-order valence-electron chi connectivity index (χ3n) is 6.12. The van der Waals surface area contributed by atoms with E-state index in [1.807, 2.05) is 53.9 Å². The second-order valence-corrected chi connectivity index (χ2v) is 8.88. The molecule has 1 fully saturated rings. The SMILES string of the molecule is Cc1cc(N2CCC(C(=O)NCCc3ccco3)CC2)n2nc(-c3ccc(Cl)cc3)cc2n1. The van der Waals surface area contributed by atoms with E-state index in [2.05, 4.69) is 21.3 Å². The van der Waals surface area contributed by atoms with Crippen LogP contribution in [0.25, 0.3) is 16.9 Å². The van der Waals surface area contributed by atoms with Gasteiger partial charge in [0.2, 0.25) is 5.91 Å². The number of nitrogens with one attached hydrogen (secondary N) is 1. The number of nitrogens with zero attached hydrogens (tertiary/aromatic N) is 4. The predicted octanol–water partition coefficient (Wildman–Crippen LogP) is 4.53. The largest absolute Gasteiger partial charge is 0.469 e. The Balaban J connectivity index is 1.27. The van der Waals surface area contributed by atoms with Gasteiger partial charge in [-0.1, -0.05) is 23.7 Å². The molecule has 1 aliphatic heterocycles. The summed E-state index contributed by atoms with van der Waals surface area (Å²) in [5.74, 6) is 2.05. The van der Waals surface area contributed by atoms with Gasteiger partial charge in [-0.15, -0.1) is 0 Å². The highest BCUT2D eigenvalue weighted by molar-refractivity contribution is 6.30. The highest BCUT2D eigenvalue weighted by Crippen LogP contribution is 2.27. The Labute approximate surface area is 197 Å². The topological polar surface area (TPSA) is 75.7 Å². The Bertz CT molecular complexity index is 1240. The van der Waals surface area contributed by atoms with Crippen LogP contribution in [0.2, 0.25) is 5.02 Å². The molecule has 0 bridgehead atoms. The van der Waals surface area contributed by atoms with Crippen LogP contribution in [-0.4, -0.2) is 40.1 Å². The zero-order valence-electron chi connectivity index (χ0n) is 18.5. The number of fused-ring (bicyclic) bond motifs is 1. The molecule has 0 radical (unpaired) electrons. The van der Waals surface area contributed by atoms with Crippen LogP contribution < -0.4 is 10.2 Å². The molecule has 1 aromatic carbocycles. The van der Waals surface area contributed by atoms with Crippen LogP contribution in [0.5, 0.6) is 0 Å². The summed E-state index contributed by atoms with van der Waals surface area (Å²) in [5.41, 5.74) is 3.61. The number of anilines is 1. The summed E-state index contributed by atoms with van der Waals surface area (Å²) in [6.07, 6.45) is 3.98. The first-order chi connectivity index (χ1) is 16.1. The van der Waals surface area contributed by atoms with Crippen molar-refractivity contribution in [2.24, 2.45) is 5.92 Å². The predicted molar refractivity (Wildman–Crippen MR) is 129 cm³/mol. The molecule has 5 rings (SSSR count). The Morgan fingerprint density at radius 1 is 1.18 bits per heavy atom. The van der Waals surface area contributed by atoms with Crippen molar-refractivity contribution in [3.8, 4) is 11.3 Å². The minimum absolute atomic E-state index is 0.0264. The normalized spacial score (nSPS) is 14.7. The number of benzene rings is 1. The number of hydrogen-bond acceptors (Lipinski definition) is 5. The number of furan rings is 1. The highest BCUT2D eigenvalue weighted by atomic mass is 35.5. The van der Waals surface area contributed by atoms with Gasteiger partial charge >= 0.3 is 0 Å². The van der Waals surface area contributed by atoms with Crippen LogP contribution in [0.15, 0.2) is 59.2 Å². The molecule has 170 valence electrons. The smallest absolute Gasteiger partial charge is 0.223 e. The molecular weight excluding hydrogens is 438 g/mol. The minimum atomic E-state index is 0.0264. The van der Waals surface area contributed by atoms with E-state index >= 15 is 0 Å². The molecule has 7 nitrogen and oxygen atoms in total. The first-order valence-corrected chi connectivity index (χ1v) is 11.6. The lowest BCUT2D eigenvalue weighted by Gasteiger charge is -2.33. The fourth-order valence-electron chi connectivity index (χ4n) is 4.35. The third-order valence-corrected chi connectivity index (χ3v) is 6.37. The average molecular weight is 464 g/mol. The first-order valence-electron chi connectivity index (χ1n) is 11.3. The maximum Gasteiger partial charge on any atom is 0.223 e. The number of carbonyl (C=O) groups excluding carboxylic acids is 1. The standard InChI is InChI=1S/C25H26ClN5O2/c1-17-15-24(31-23(28-17)16-22(29-31)18-4-6-20(26)7-5-18)30-12-9-19(10-13-30)25(32)27-11-8-21-3-2-14-33-21/h2-7,14-16,19H,8-13H2,1H3,(H,27,32). The van der Waals surface area contributed by atoms with Gasteiger partial charge < -0.3 is 14.6 Å². The van der Waals surface area contributed by atoms with Gasteiger partial charge in [-0.05, 0) is 44.0 Å². The van der Waals surface area contributed by atoms with Crippen molar-refractivity contribution >= 4 is 29.0 Å². The number of piperidine rings is 1. The van der Waals surface area contributed by atoms with Gasteiger partial charge in [-0.25, -0.2) is 4.98 Å². The van der Waals surface area contributed by atoms with Crippen molar-refractivity contribution in [1.29, 1.82) is 0 Å². The van der Waals surface area contributed by atoms with Crippen molar-refractivity contribution in [3.05, 3.63) is 71.3 Å². The molecule has 8 heteroatoms. The molecule has 4 heterocycles. The van der Waals surface area contributed by atoms with Crippen molar-refractivity contribution < 1.29 is 9.21 Å². The van der Waals surface area contributed by atoms with Gasteiger partial charge in [0.25, 0.3) is 0 Å². The number of hydrogen-bond donors (Lipinski definition) is 1. The molecule has 0 spiro atoms. The molecule has 0 saturated carbocycles. The van der Waals surface area contributed by atoms with Gasteiger partial charge in [0, 0.05) is 60.4 Å². The van der Waals surface area contributed by atoms with E-state index in [0.717, 1.165) is 60.1 Å². The Kier molecular flexibility index (Phi) is 6.05. The number of aryl methyl sites for hydroxylation is 1. The second-order valence-electron chi connectivity index (χ2n) is 8.44. The number of carbonyl (C=O) groups is 1. The zero-order valence-corrected chi connectivity index (χ0v) is 19.3. The quantitative estimate of drug-likeness (QED) is 0.454. The molecular formula is C25H26ClN5O2. The second kappa shape index (κ2) is 9.27. The van der Waals surface area contributed by atoms with Gasteiger partial charge in [0.1, 0.15) is 11.6 Å². The van der Waals surface area contributed by atoms with Gasteiger partial charge in [-0.3, -0.25) is 4.79 Å². The molecule has 0 atom stereocenters. The summed E-state index contributed by atoms with van der Waals surface area (Å²) < 4.78 is 7.23. The first kappa shape index (κ1) is 21.5. The van der Waals surface area contributed by atoms with Crippen molar-refractivity contribution in [3.63, 3.8) is 0 Å². The van der Waals surface area contributed by atoms with E-state index < -0.39 is 0 Å². The molecule has 0 unspecified atom stereocenters. The summed E-state index contributed by atoms with van der Waals surface area (Å²) in [7, 11) is 0. The number of halogens is 1. The minimum Gasteiger partial charge on any atom is -0.469 e. The maximum atomic E-state index is 12.6. The van der Waals surface area contributed by atoms with Crippen molar-refractivity contribution in [2.75, 3.05) is 24.5 Å². The van der Waals surface area contributed by atoms with Crippen molar-refractivity contribution in [1.82, 2.24) is 19.9 Å². The van der Waals surface area contributed by atoms with Crippen molar-refractivity contribution in [2.45, 2.75) is 26.2 Å². The fraction of sp³-hybridized carbons (Fsp3) is 0.320. The summed E-state index contributed by atoms with van der Waals surface area (Å²) in [6.45, 7) is 4.19. The summed E-state index contributed by atoms with van der Waals surface area (Å²) in [4.78, 5) is 19.6. The van der Waals surface area contributed by atoms with E-state index in [-0.39, 0.29) is 11.8 Å². The monoisotopic (exact) mass is 463 g/mol. The van der Waals surface area contributed by atoms with Gasteiger partial charge in [-0.2, -0.15) is 9.61 Å². The number of amides is 1. The Morgan fingerprint density at radius 3 is 2.70 bits per heavy atom. The van der Waals surface area contributed by atoms with E-state index in [1.54, 1.807) is 6.26 Å². The molecule has 1 amide bonds. The summed E-state index contributed by atoms with van der Waals surface area (Å²) in [6, 6.07) is 15.5. The van der Waals surface area contributed by atoms with E-state index in [0.29, 0.717) is 18.0 Å². The maximum absolute atomic E-state index is 12.6. The lowest BCUT2D eigenvalue weighted by molar-refractivity contribution is -0.125. The van der Waals surface area contributed by atoms with E-state index in [9.17, 15) is 4.79 Å². The fourth-order valence-corrected chi connectivity index (χ4v) is 4.47. The molecule has 4 aromatic rings. The van der Waals surface area contributed by atoms with E-state index in [1.165, 1.54) is 0 Å². The molecule has 3 aromatic heterocycles. The third kappa shape index (κ3) is 4.73. The van der Waals surface area contributed by atoms with Crippen LogP contribution in [0.1, 0.15) is 24.3 Å².